The van der Waals surface area contributed by atoms with E-state index in [4.69, 9.17) is 4.52 Å². The van der Waals surface area contributed by atoms with Crippen molar-refractivity contribution >= 4 is 11.6 Å². The molecule has 2 N–H and O–H groups in total. The SMILES string of the molecule is CNc1nc(C2CC2)nc(NCc2cc(C)no2)c1C. The summed E-state index contributed by atoms with van der Waals surface area (Å²) in [7, 11) is 1.88. The first-order valence-electron chi connectivity index (χ1n) is 6.89. The first-order valence-corrected chi connectivity index (χ1v) is 6.89. The maximum absolute atomic E-state index is 5.20. The molecule has 20 heavy (non-hydrogen) atoms. The molecule has 1 fully saturated rings. The second kappa shape index (κ2) is 5.11. The van der Waals surface area contributed by atoms with Gasteiger partial charge in [-0.15, -0.1) is 0 Å². The third kappa shape index (κ3) is 2.59. The van der Waals surface area contributed by atoms with Crippen molar-refractivity contribution in [2.75, 3.05) is 17.7 Å². The summed E-state index contributed by atoms with van der Waals surface area (Å²) in [5, 5.41) is 10.3. The van der Waals surface area contributed by atoms with Gasteiger partial charge in [0.2, 0.25) is 0 Å². The predicted octanol–water partition coefficient (Wildman–Crippen LogP) is 2.61. The molecule has 0 atom stereocenters. The van der Waals surface area contributed by atoms with Gasteiger partial charge >= 0.3 is 0 Å². The molecule has 6 heteroatoms. The van der Waals surface area contributed by atoms with Crippen LogP contribution >= 0.6 is 0 Å². The lowest BCUT2D eigenvalue weighted by Gasteiger charge is -2.12. The number of aryl methyl sites for hydroxylation is 1. The molecular formula is C14H19N5O. The number of nitrogens with zero attached hydrogens (tertiary/aromatic N) is 3. The van der Waals surface area contributed by atoms with Crippen LogP contribution in [-0.4, -0.2) is 22.2 Å². The van der Waals surface area contributed by atoms with Crippen molar-refractivity contribution in [3.8, 4) is 0 Å². The summed E-state index contributed by atoms with van der Waals surface area (Å²) in [5.74, 6) is 4.00. The van der Waals surface area contributed by atoms with Crippen molar-refractivity contribution in [1.82, 2.24) is 15.1 Å². The smallest absolute Gasteiger partial charge is 0.156 e. The molecule has 0 bridgehead atoms. The Hall–Kier alpha value is -2.11. The van der Waals surface area contributed by atoms with E-state index in [0.717, 1.165) is 34.5 Å². The number of nitrogens with one attached hydrogen (secondary N) is 2. The van der Waals surface area contributed by atoms with Crippen LogP contribution in [-0.2, 0) is 6.54 Å². The zero-order chi connectivity index (χ0) is 14.1. The third-order valence-electron chi connectivity index (χ3n) is 3.45. The van der Waals surface area contributed by atoms with E-state index in [0.29, 0.717) is 12.5 Å². The molecule has 6 nitrogen and oxygen atoms in total. The van der Waals surface area contributed by atoms with Crippen LogP contribution in [0.25, 0.3) is 0 Å². The van der Waals surface area contributed by atoms with Crippen molar-refractivity contribution in [3.63, 3.8) is 0 Å². The molecule has 0 spiro atoms. The fourth-order valence-electron chi connectivity index (χ4n) is 2.14. The number of hydrogen-bond acceptors (Lipinski definition) is 6. The average molecular weight is 273 g/mol. The standard InChI is InChI=1S/C14H19N5O/c1-8-6-11(20-19-8)7-16-13-9(2)12(15-3)17-14(18-13)10-4-5-10/h6,10H,4-5,7H2,1-3H3,(H2,15,16,17,18). The Bertz CT molecular complexity index is 618. The summed E-state index contributed by atoms with van der Waals surface area (Å²) in [6, 6.07) is 1.92. The fraction of sp³-hybridized carbons (Fsp3) is 0.500. The molecule has 3 rings (SSSR count). The van der Waals surface area contributed by atoms with Gasteiger partial charge in [-0.25, -0.2) is 9.97 Å². The van der Waals surface area contributed by atoms with E-state index in [-0.39, 0.29) is 0 Å². The Morgan fingerprint density at radius 3 is 2.60 bits per heavy atom. The lowest BCUT2D eigenvalue weighted by molar-refractivity contribution is 0.384. The van der Waals surface area contributed by atoms with E-state index in [2.05, 4.69) is 25.8 Å². The van der Waals surface area contributed by atoms with Crippen LogP contribution in [0.3, 0.4) is 0 Å². The maximum atomic E-state index is 5.20. The fourth-order valence-corrected chi connectivity index (χ4v) is 2.14. The number of hydrogen-bond donors (Lipinski definition) is 2. The zero-order valence-electron chi connectivity index (χ0n) is 12.0. The Kier molecular flexibility index (Phi) is 3.30. The number of anilines is 2. The summed E-state index contributed by atoms with van der Waals surface area (Å²) in [5.41, 5.74) is 1.91. The molecule has 1 aliphatic rings. The molecule has 2 aromatic rings. The van der Waals surface area contributed by atoms with Crippen LogP contribution in [0.1, 0.15) is 41.6 Å². The van der Waals surface area contributed by atoms with Gasteiger partial charge in [0.15, 0.2) is 5.76 Å². The molecule has 106 valence electrons. The molecule has 0 saturated heterocycles. The highest BCUT2D eigenvalue weighted by Crippen LogP contribution is 2.39. The van der Waals surface area contributed by atoms with Gasteiger partial charge in [-0.05, 0) is 26.7 Å². The van der Waals surface area contributed by atoms with Crippen molar-refractivity contribution in [2.24, 2.45) is 0 Å². The monoisotopic (exact) mass is 273 g/mol. The maximum Gasteiger partial charge on any atom is 0.156 e. The zero-order valence-corrected chi connectivity index (χ0v) is 12.0. The summed E-state index contributed by atoms with van der Waals surface area (Å²) in [6.07, 6.45) is 2.37. The predicted molar refractivity (Wildman–Crippen MR) is 76.9 cm³/mol. The van der Waals surface area contributed by atoms with Gasteiger partial charge in [0.25, 0.3) is 0 Å². The molecule has 0 amide bonds. The van der Waals surface area contributed by atoms with E-state index >= 15 is 0 Å². The van der Waals surface area contributed by atoms with Crippen LogP contribution in [0.5, 0.6) is 0 Å². The van der Waals surface area contributed by atoms with Crippen molar-refractivity contribution in [1.29, 1.82) is 0 Å². The van der Waals surface area contributed by atoms with E-state index in [9.17, 15) is 0 Å². The van der Waals surface area contributed by atoms with Crippen LogP contribution in [0.2, 0.25) is 0 Å². The highest BCUT2D eigenvalue weighted by molar-refractivity contribution is 5.57. The minimum absolute atomic E-state index is 0.524. The lowest BCUT2D eigenvalue weighted by atomic mass is 10.2. The van der Waals surface area contributed by atoms with Gasteiger partial charge < -0.3 is 15.2 Å². The molecule has 1 aliphatic carbocycles. The first kappa shape index (κ1) is 12.9. The Morgan fingerprint density at radius 1 is 1.25 bits per heavy atom. The molecule has 2 aromatic heterocycles. The Morgan fingerprint density at radius 2 is 2.00 bits per heavy atom. The van der Waals surface area contributed by atoms with Gasteiger partial charge in [0.1, 0.15) is 17.5 Å². The highest BCUT2D eigenvalue weighted by Gasteiger charge is 2.28. The normalized spacial score (nSPS) is 14.3. The molecule has 2 heterocycles. The Balaban J connectivity index is 1.81. The molecule has 0 radical (unpaired) electrons. The van der Waals surface area contributed by atoms with Crippen LogP contribution in [0.4, 0.5) is 11.6 Å². The van der Waals surface area contributed by atoms with Crippen LogP contribution in [0.15, 0.2) is 10.6 Å². The minimum Gasteiger partial charge on any atom is -0.373 e. The van der Waals surface area contributed by atoms with Crippen molar-refractivity contribution < 1.29 is 4.52 Å². The van der Waals surface area contributed by atoms with E-state index < -0.39 is 0 Å². The van der Waals surface area contributed by atoms with E-state index in [1.54, 1.807) is 0 Å². The Labute approximate surface area is 118 Å². The van der Waals surface area contributed by atoms with Crippen molar-refractivity contribution in [2.45, 2.75) is 39.2 Å². The topological polar surface area (TPSA) is 75.9 Å². The second-order valence-electron chi connectivity index (χ2n) is 5.22. The second-order valence-corrected chi connectivity index (χ2v) is 5.22. The van der Waals surface area contributed by atoms with Gasteiger partial charge in [-0.1, -0.05) is 5.16 Å². The van der Waals surface area contributed by atoms with Crippen LogP contribution in [0, 0.1) is 13.8 Å². The molecule has 0 aromatic carbocycles. The van der Waals surface area contributed by atoms with Crippen LogP contribution < -0.4 is 10.6 Å². The third-order valence-corrected chi connectivity index (χ3v) is 3.45. The minimum atomic E-state index is 0.524. The average Bonchev–Trinajstić information content (AvgIpc) is 3.21. The number of rotatable bonds is 5. The summed E-state index contributed by atoms with van der Waals surface area (Å²) in [4.78, 5) is 9.22. The molecular weight excluding hydrogens is 254 g/mol. The first-order chi connectivity index (χ1) is 9.67. The summed E-state index contributed by atoms with van der Waals surface area (Å²) >= 11 is 0. The van der Waals surface area contributed by atoms with E-state index in [1.165, 1.54) is 12.8 Å². The van der Waals surface area contributed by atoms with E-state index in [1.807, 2.05) is 27.0 Å². The molecule has 1 saturated carbocycles. The highest BCUT2D eigenvalue weighted by atomic mass is 16.5. The molecule has 0 unspecified atom stereocenters. The largest absolute Gasteiger partial charge is 0.373 e. The molecule has 0 aliphatic heterocycles. The summed E-state index contributed by atoms with van der Waals surface area (Å²) in [6.45, 7) is 4.50. The van der Waals surface area contributed by atoms with Gasteiger partial charge in [0, 0.05) is 24.6 Å². The summed E-state index contributed by atoms with van der Waals surface area (Å²) < 4.78 is 5.20. The van der Waals surface area contributed by atoms with Gasteiger partial charge in [-0.3, -0.25) is 0 Å². The lowest BCUT2D eigenvalue weighted by Crippen LogP contribution is -2.09. The quantitative estimate of drug-likeness (QED) is 0.872. The van der Waals surface area contributed by atoms with Gasteiger partial charge in [-0.2, -0.15) is 0 Å². The van der Waals surface area contributed by atoms with Gasteiger partial charge in [0.05, 0.1) is 12.2 Å². The van der Waals surface area contributed by atoms with Crippen molar-refractivity contribution in [3.05, 3.63) is 28.9 Å². The number of aromatic nitrogens is 3.